The standard InChI is InChI=1S/C23H24N6O4S/c1-14-5-7-16(17(11-14)29-9-3-2-4-10-29)26-22(33)28-23-25-13-18(34-23)20(30)27-19-8-6-15(12-24-19)21(31)32/h5-8,11-13H,2-4,9-10H2,1H3,(H,31,32)(H,24,27,30)(H2,25,26,28,33). The SMILES string of the molecule is Cc1ccc(NC(=O)Nc2ncc(C(=O)Nc3ccc(C(=O)O)cn3)s2)c(N2CCCCC2)c1. The van der Waals surface area contributed by atoms with Gasteiger partial charge in [0, 0.05) is 19.3 Å². The number of thiazole rings is 1. The molecule has 0 aliphatic carbocycles. The van der Waals surface area contributed by atoms with Gasteiger partial charge in [0.15, 0.2) is 5.13 Å². The minimum Gasteiger partial charge on any atom is -0.478 e. The van der Waals surface area contributed by atoms with Crippen LogP contribution in [0.25, 0.3) is 0 Å². The Hall–Kier alpha value is -3.99. The first-order valence-electron chi connectivity index (χ1n) is 10.8. The molecule has 0 bridgehead atoms. The van der Waals surface area contributed by atoms with Crippen LogP contribution in [0.5, 0.6) is 0 Å². The molecule has 11 heteroatoms. The van der Waals surface area contributed by atoms with E-state index >= 15 is 0 Å². The van der Waals surface area contributed by atoms with Gasteiger partial charge in [-0.15, -0.1) is 0 Å². The maximum absolute atomic E-state index is 12.6. The zero-order valence-electron chi connectivity index (χ0n) is 18.5. The predicted octanol–water partition coefficient (Wildman–Crippen LogP) is 4.43. The van der Waals surface area contributed by atoms with E-state index < -0.39 is 17.9 Å². The number of aryl methyl sites for hydroxylation is 1. The fraction of sp³-hybridized carbons (Fsp3) is 0.261. The third-order valence-corrected chi connectivity index (χ3v) is 6.21. The zero-order chi connectivity index (χ0) is 24.1. The molecule has 1 saturated heterocycles. The van der Waals surface area contributed by atoms with Crippen molar-refractivity contribution in [3.05, 3.63) is 58.7 Å². The van der Waals surface area contributed by atoms with Crippen molar-refractivity contribution in [3.8, 4) is 0 Å². The summed E-state index contributed by atoms with van der Waals surface area (Å²) in [5.74, 6) is -1.36. The van der Waals surface area contributed by atoms with Gasteiger partial charge in [-0.1, -0.05) is 17.4 Å². The van der Waals surface area contributed by atoms with Crippen LogP contribution in [0.2, 0.25) is 0 Å². The second-order valence-corrected chi connectivity index (χ2v) is 8.90. The number of aromatic nitrogens is 2. The first-order chi connectivity index (χ1) is 16.4. The lowest BCUT2D eigenvalue weighted by Gasteiger charge is -2.30. The average molecular weight is 481 g/mol. The van der Waals surface area contributed by atoms with Gasteiger partial charge in [-0.25, -0.2) is 19.6 Å². The van der Waals surface area contributed by atoms with Crippen LogP contribution in [0.15, 0.2) is 42.7 Å². The van der Waals surface area contributed by atoms with Crippen LogP contribution >= 0.6 is 11.3 Å². The Labute approximate surface area is 200 Å². The smallest absolute Gasteiger partial charge is 0.337 e. The molecule has 1 aliphatic heterocycles. The van der Waals surface area contributed by atoms with Crippen molar-refractivity contribution < 1.29 is 19.5 Å². The minimum atomic E-state index is -1.10. The highest BCUT2D eigenvalue weighted by atomic mass is 32.1. The van der Waals surface area contributed by atoms with Gasteiger partial charge in [0.1, 0.15) is 10.7 Å². The largest absolute Gasteiger partial charge is 0.478 e. The van der Waals surface area contributed by atoms with Crippen LogP contribution in [0, 0.1) is 6.92 Å². The number of anilines is 4. The second-order valence-electron chi connectivity index (χ2n) is 7.87. The molecule has 1 aliphatic rings. The Balaban J connectivity index is 1.38. The third-order valence-electron chi connectivity index (χ3n) is 5.30. The Bertz CT molecular complexity index is 1200. The van der Waals surface area contributed by atoms with E-state index in [1.54, 1.807) is 0 Å². The van der Waals surface area contributed by atoms with Crippen LogP contribution in [0.3, 0.4) is 0 Å². The summed E-state index contributed by atoms with van der Waals surface area (Å²) in [5, 5.41) is 17.3. The molecule has 4 N–H and O–H groups in total. The molecule has 34 heavy (non-hydrogen) atoms. The highest BCUT2D eigenvalue weighted by Gasteiger charge is 2.18. The molecule has 176 valence electrons. The van der Waals surface area contributed by atoms with Crippen LogP contribution < -0.4 is 20.9 Å². The molecule has 0 saturated carbocycles. The van der Waals surface area contributed by atoms with Gasteiger partial charge in [0.25, 0.3) is 5.91 Å². The maximum Gasteiger partial charge on any atom is 0.337 e. The van der Waals surface area contributed by atoms with Crippen LogP contribution in [-0.2, 0) is 0 Å². The van der Waals surface area contributed by atoms with E-state index in [0.717, 1.165) is 60.4 Å². The lowest BCUT2D eigenvalue weighted by molar-refractivity contribution is 0.0696. The quantitative estimate of drug-likeness (QED) is 0.410. The molecule has 0 radical (unpaired) electrons. The Morgan fingerprint density at radius 1 is 0.971 bits per heavy atom. The van der Waals surface area contributed by atoms with Crippen LogP contribution in [0.4, 0.5) is 27.1 Å². The Morgan fingerprint density at radius 2 is 1.76 bits per heavy atom. The molecule has 1 aromatic carbocycles. The summed E-state index contributed by atoms with van der Waals surface area (Å²) in [6, 6.07) is 8.21. The van der Waals surface area contributed by atoms with Gasteiger partial charge in [0.05, 0.1) is 23.1 Å². The molecular weight excluding hydrogens is 456 g/mol. The number of amides is 3. The van der Waals surface area contributed by atoms with Gasteiger partial charge in [-0.05, 0) is 56.0 Å². The summed E-state index contributed by atoms with van der Waals surface area (Å²) in [6.45, 7) is 3.94. The number of benzene rings is 1. The lowest BCUT2D eigenvalue weighted by Crippen LogP contribution is -2.31. The van der Waals surface area contributed by atoms with E-state index in [4.69, 9.17) is 5.11 Å². The van der Waals surface area contributed by atoms with E-state index in [9.17, 15) is 14.4 Å². The Kier molecular flexibility index (Phi) is 7.02. The van der Waals surface area contributed by atoms with Gasteiger partial charge in [0.2, 0.25) is 0 Å². The van der Waals surface area contributed by atoms with E-state index in [1.165, 1.54) is 24.8 Å². The number of nitrogens with one attached hydrogen (secondary N) is 3. The molecule has 4 rings (SSSR count). The number of rotatable bonds is 6. The van der Waals surface area contributed by atoms with Gasteiger partial charge < -0.3 is 20.6 Å². The fourth-order valence-electron chi connectivity index (χ4n) is 3.60. The third kappa shape index (κ3) is 5.67. The minimum absolute atomic E-state index is 0.0188. The van der Waals surface area contributed by atoms with Crippen molar-refractivity contribution >= 4 is 51.6 Å². The van der Waals surface area contributed by atoms with Gasteiger partial charge in [-0.3, -0.25) is 10.1 Å². The Morgan fingerprint density at radius 3 is 2.47 bits per heavy atom. The topological polar surface area (TPSA) is 137 Å². The lowest BCUT2D eigenvalue weighted by atomic mass is 10.1. The van der Waals surface area contributed by atoms with E-state index in [2.05, 4.69) is 36.9 Å². The molecular formula is C23H24N6O4S. The number of carbonyl (C=O) groups is 3. The molecule has 3 heterocycles. The predicted molar refractivity (Wildman–Crippen MR) is 131 cm³/mol. The number of carbonyl (C=O) groups excluding carboxylic acids is 2. The molecule has 0 unspecified atom stereocenters. The van der Waals surface area contributed by atoms with E-state index in [1.807, 2.05) is 19.1 Å². The van der Waals surface area contributed by atoms with Crippen LogP contribution in [0.1, 0.15) is 44.9 Å². The molecule has 0 spiro atoms. The highest BCUT2D eigenvalue weighted by Crippen LogP contribution is 2.30. The van der Waals surface area contributed by atoms with Crippen molar-refractivity contribution in [2.75, 3.05) is 33.9 Å². The summed E-state index contributed by atoms with van der Waals surface area (Å²) in [7, 11) is 0. The summed E-state index contributed by atoms with van der Waals surface area (Å²) in [5.41, 5.74) is 2.85. The first-order valence-corrected chi connectivity index (χ1v) is 11.6. The second kappa shape index (κ2) is 10.3. The van der Waals surface area contributed by atoms with Crippen molar-refractivity contribution in [1.29, 1.82) is 0 Å². The molecule has 2 aromatic heterocycles. The number of urea groups is 1. The molecule has 3 aromatic rings. The summed E-state index contributed by atoms with van der Waals surface area (Å²) in [4.78, 5) is 46.5. The maximum atomic E-state index is 12.6. The molecule has 10 nitrogen and oxygen atoms in total. The molecule has 3 amide bonds. The average Bonchev–Trinajstić information content (AvgIpc) is 3.29. The number of hydrogen-bond donors (Lipinski definition) is 4. The first kappa shape index (κ1) is 23.2. The number of nitrogens with zero attached hydrogens (tertiary/aromatic N) is 3. The fourth-order valence-corrected chi connectivity index (χ4v) is 4.31. The zero-order valence-corrected chi connectivity index (χ0v) is 19.3. The van der Waals surface area contributed by atoms with Gasteiger partial charge in [-0.2, -0.15) is 0 Å². The number of hydrogen-bond acceptors (Lipinski definition) is 7. The number of aromatic carboxylic acids is 1. The normalized spacial score (nSPS) is 13.3. The van der Waals surface area contributed by atoms with Gasteiger partial charge >= 0.3 is 12.0 Å². The van der Waals surface area contributed by atoms with Crippen molar-refractivity contribution in [2.45, 2.75) is 26.2 Å². The van der Waals surface area contributed by atoms with Crippen molar-refractivity contribution in [2.24, 2.45) is 0 Å². The van der Waals surface area contributed by atoms with Crippen LogP contribution in [-0.4, -0.2) is 46.1 Å². The molecule has 1 fully saturated rings. The summed E-state index contributed by atoms with van der Waals surface area (Å²) < 4.78 is 0. The van der Waals surface area contributed by atoms with E-state index in [0.29, 0.717) is 0 Å². The number of pyridine rings is 1. The monoisotopic (exact) mass is 480 g/mol. The highest BCUT2D eigenvalue weighted by molar-refractivity contribution is 7.17. The summed E-state index contributed by atoms with van der Waals surface area (Å²) in [6.07, 6.45) is 5.98. The van der Waals surface area contributed by atoms with Crippen molar-refractivity contribution in [3.63, 3.8) is 0 Å². The number of carboxylic acids is 1. The van der Waals surface area contributed by atoms with Crippen molar-refractivity contribution in [1.82, 2.24) is 9.97 Å². The summed E-state index contributed by atoms with van der Waals surface area (Å²) >= 11 is 1.01. The van der Waals surface area contributed by atoms with E-state index in [-0.39, 0.29) is 21.4 Å². The molecule has 0 atom stereocenters. The number of piperidine rings is 1. The number of carboxylic acid groups (broad SMARTS) is 1.